The van der Waals surface area contributed by atoms with Crippen molar-refractivity contribution in [2.75, 3.05) is 0 Å². The summed E-state index contributed by atoms with van der Waals surface area (Å²) in [6, 6.07) is 26.7. The van der Waals surface area contributed by atoms with E-state index in [1.165, 1.54) is 0 Å². The van der Waals surface area contributed by atoms with Gasteiger partial charge in [-0.1, -0.05) is 85.5 Å². The zero-order chi connectivity index (χ0) is 26.3. The molecular weight excluding hydrogens is 476 g/mol. The topological polar surface area (TPSA) is 69.5 Å². The number of hydrogen-bond acceptors (Lipinski definition) is 6. The summed E-state index contributed by atoms with van der Waals surface area (Å²) in [4.78, 5) is 31.6. The van der Waals surface area contributed by atoms with Gasteiger partial charge in [0.15, 0.2) is 5.70 Å². The van der Waals surface area contributed by atoms with Gasteiger partial charge in [-0.15, -0.1) is 0 Å². The Morgan fingerprint density at radius 1 is 0.789 bits per heavy atom. The Balaban J connectivity index is 1.25. The molecule has 2 heterocycles. The number of rotatable bonds is 7. The lowest BCUT2D eigenvalue weighted by Gasteiger charge is -2.02. The monoisotopic (exact) mass is 500 g/mol. The van der Waals surface area contributed by atoms with Gasteiger partial charge >= 0.3 is 5.97 Å². The maximum atomic E-state index is 12.3. The predicted octanol–water partition coefficient (Wildman–Crippen LogP) is 6.80. The highest BCUT2D eigenvalue weighted by Crippen LogP contribution is 2.22. The highest BCUT2D eigenvalue weighted by Gasteiger charge is 2.24. The molecule has 0 amide bonds. The van der Waals surface area contributed by atoms with Crippen molar-refractivity contribution in [2.24, 2.45) is 9.98 Å². The largest absolute Gasteiger partial charge is 0.402 e. The van der Waals surface area contributed by atoms with Crippen molar-refractivity contribution in [3.05, 3.63) is 155 Å². The number of esters is 1. The molecule has 0 fully saturated rings. The molecule has 0 bridgehead atoms. The Bertz CT molecular complexity index is 1540. The Labute approximate surface area is 220 Å². The number of ether oxygens (including phenoxy) is 1. The highest BCUT2D eigenvalue weighted by atomic mass is 17.2. The third-order valence-electron chi connectivity index (χ3n) is 5.77. The third-order valence-corrected chi connectivity index (χ3v) is 5.77. The molecule has 5 rings (SSSR count). The summed E-state index contributed by atoms with van der Waals surface area (Å²) in [7, 11) is 0. The Hall–Kier alpha value is -5.23. The van der Waals surface area contributed by atoms with Crippen LogP contribution in [0.15, 0.2) is 143 Å². The van der Waals surface area contributed by atoms with Gasteiger partial charge in [-0.3, -0.25) is 9.78 Å². The van der Waals surface area contributed by atoms with Crippen LogP contribution in [-0.2, 0) is 19.3 Å². The molecule has 6 nitrogen and oxygen atoms in total. The fraction of sp³-hybridized carbons (Fsp3) is 0.0312. The van der Waals surface area contributed by atoms with Crippen LogP contribution in [0.25, 0.3) is 11.6 Å². The van der Waals surface area contributed by atoms with Crippen molar-refractivity contribution in [2.45, 2.75) is 6.92 Å². The standard InChI is InChI=1S/C32H24N2O4/c1-3-23(20-28-32(35)36-30(33-28)26-10-6-4-7-11-26)15-14-22(2)25-18-16-24(17-19-25)21-29-34-31(38-37-29)27-12-8-5-9-13-27/h3-21H,2H2,1H3/b15-14-,23-3+,28-20+,29-21-. The maximum Gasteiger partial charge on any atom is 0.363 e. The molecule has 3 aromatic rings. The Kier molecular flexibility index (Phi) is 7.23. The van der Waals surface area contributed by atoms with Crippen molar-refractivity contribution < 1.29 is 19.3 Å². The second-order valence-electron chi connectivity index (χ2n) is 8.40. The molecule has 0 saturated heterocycles. The molecule has 186 valence electrons. The number of carbonyl (C=O) groups excluding carboxylic acids is 1. The molecule has 0 spiro atoms. The lowest BCUT2D eigenvalue weighted by Crippen LogP contribution is -2.05. The maximum absolute atomic E-state index is 12.3. The predicted molar refractivity (Wildman–Crippen MR) is 149 cm³/mol. The normalized spacial score (nSPS) is 17.3. The number of cyclic esters (lactones) is 1. The first-order chi connectivity index (χ1) is 18.6. The smallest absolute Gasteiger partial charge is 0.363 e. The fourth-order valence-electron chi connectivity index (χ4n) is 3.70. The average molecular weight is 501 g/mol. The van der Waals surface area contributed by atoms with Crippen LogP contribution in [0.5, 0.6) is 0 Å². The van der Waals surface area contributed by atoms with Crippen molar-refractivity contribution in [1.29, 1.82) is 0 Å². The summed E-state index contributed by atoms with van der Waals surface area (Å²) in [6.45, 7) is 6.06. The van der Waals surface area contributed by atoms with Crippen molar-refractivity contribution in [3.8, 4) is 0 Å². The lowest BCUT2D eigenvalue weighted by atomic mass is 10.0. The van der Waals surface area contributed by atoms with Gasteiger partial charge in [-0.05, 0) is 59.5 Å². The molecule has 2 aliphatic rings. The van der Waals surface area contributed by atoms with Gasteiger partial charge in [-0.2, -0.15) is 4.99 Å². The van der Waals surface area contributed by atoms with Crippen molar-refractivity contribution in [1.82, 2.24) is 0 Å². The molecule has 0 atom stereocenters. The second-order valence-corrected chi connectivity index (χ2v) is 8.40. The number of allylic oxidation sites excluding steroid dienone is 6. The van der Waals surface area contributed by atoms with E-state index in [0.717, 1.165) is 33.4 Å². The Morgan fingerprint density at radius 3 is 2.11 bits per heavy atom. The van der Waals surface area contributed by atoms with Crippen molar-refractivity contribution >= 4 is 29.4 Å². The van der Waals surface area contributed by atoms with E-state index >= 15 is 0 Å². The first-order valence-corrected chi connectivity index (χ1v) is 12.0. The van der Waals surface area contributed by atoms with Crippen LogP contribution < -0.4 is 0 Å². The van der Waals surface area contributed by atoms with E-state index in [9.17, 15) is 4.79 Å². The van der Waals surface area contributed by atoms with Gasteiger partial charge in [0.05, 0.1) is 0 Å². The molecule has 38 heavy (non-hydrogen) atoms. The molecule has 6 heteroatoms. The van der Waals surface area contributed by atoms with E-state index in [2.05, 4.69) is 16.6 Å². The van der Waals surface area contributed by atoms with Crippen LogP contribution in [0, 0.1) is 0 Å². The SMILES string of the molecule is C=C(\C=C/C(=C\C)/C=C1/N=C(c2ccccc2)OC1=O)c1ccc(/C=C2/N=C(c3ccccc3)OO2)cc1. The third kappa shape index (κ3) is 5.77. The number of nitrogens with zero attached hydrogens (tertiary/aromatic N) is 2. The van der Waals surface area contributed by atoms with E-state index in [-0.39, 0.29) is 5.70 Å². The van der Waals surface area contributed by atoms with Crippen LogP contribution in [0.3, 0.4) is 0 Å². The number of carbonyl (C=O) groups is 1. The molecule has 3 aromatic carbocycles. The molecule has 0 N–H and O–H groups in total. The average Bonchev–Trinajstić information content (AvgIpc) is 3.58. The van der Waals surface area contributed by atoms with Gasteiger partial charge in [0.2, 0.25) is 5.90 Å². The van der Waals surface area contributed by atoms with Crippen LogP contribution in [0.4, 0.5) is 0 Å². The minimum absolute atomic E-state index is 0.251. The number of hydrogen-bond donors (Lipinski definition) is 0. The quantitative estimate of drug-likeness (QED) is 0.155. The van der Waals surface area contributed by atoms with Crippen LogP contribution in [0.2, 0.25) is 0 Å². The van der Waals surface area contributed by atoms with E-state index in [1.807, 2.05) is 110 Å². The zero-order valence-corrected chi connectivity index (χ0v) is 20.7. The summed E-state index contributed by atoms with van der Waals surface area (Å²) < 4.78 is 5.33. The molecule has 0 aromatic heterocycles. The molecule has 2 aliphatic heterocycles. The summed E-state index contributed by atoms with van der Waals surface area (Å²) in [5.41, 5.74) is 5.34. The zero-order valence-electron chi connectivity index (χ0n) is 20.7. The van der Waals surface area contributed by atoms with Crippen LogP contribution >= 0.6 is 0 Å². The van der Waals surface area contributed by atoms with E-state index in [4.69, 9.17) is 14.5 Å². The highest BCUT2D eigenvalue weighted by molar-refractivity contribution is 6.11. The van der Waals surface area contributed by atoms with Gasteiger partial charge in [0.1, 0.15) is 0 Å². The van der Waals surface area contributed by atoms with Crippen LogP contribution in [0.1, 0.15) is 29.2 Å². The van der Waals surface area contributed by atoms with Gasteiger partial charge in [-0.25, -0.2) is 9.79 Å². The first kappa shape index (κ1) is 24.5. The second kappa shape index (κ2) is 11.2. The van der Waals surface area contributed by atoms with E-state index in [1.54, 1.807) is 12.2 Å². The van der Waals surface area contributed by atoms with Gasteiger partial charge in [0.25, 0.3) is 11.8 Å². The summed E-state index contributed by atoms with van der Waals surface area (Å²) in [5, 5.41) is 0. The fourth-order valence-corrected chi connectivity index (χ4v) is 3.70. The molecule has 0 aliphatic carbocycles. The van der Waals surface area contributed by atoms with E-state index < -0.39 is 5.97 Å². The summed E-state index contributed by atoms with van der Waals surface area (Å²) in [5.74, 6) is 0.633. The molecular formula is C32H24N2O4. The number of aliphatic imine (C=N–C) groups is 2. The van der Waals surface area contributed by atoms with Crippen LogP contribution in [-0.4, -0.2) is 17.8 Å². The minimum atomic E-state index is -0.475. The van der Waals surface area contributed by atoms with E-state index in [0.29, 0.717) is 17.7 Å². The number of benzene rings is 3. The first-order valence-electron chi connectivity index (χ1n) is 12.0. The molecule has 0 saturated carbocycles. The summed E-state index contributed by atoms with van der Waals surface area (Å²) in [6.07, 6.45) is 9.17. The van der Waals surface area contributed by atoms with Crippen molar-refractivity contribution in [3.63, 3.8) is 0 Å². The Morgan fingerprint density at radius 2 is 1.45 bits per heavy atom. The van der Waals surface area contributed by atoms with Gasteiger partial charge < -0.3 is 4.74 Å². The lowest BCUT2D eigenvalue weighted by molar-refractivity contribution is -0.163. The minimum Gasteiger partial charge on any atom is -0.402 e. The molecule has 0 radical (unpaired) electrons. The summed E-state index contributed by atoms with van der Waals surface area (Å²) >= 11 is 0. The van der Waals surface area contributed by atoms with Gasteiger partial charge in [0, 0.05) is 17.2 Å². The molecule has 0 unspecified atom stereocenters.